The number of carbonyl (C=O) groups excluding carboxylic acids is 1. The highest BCUT2D eigenvalue weighted by Gasteiger charge is 2.11. The number of ether oxygens (including phenoxy) is 3. The van der Waals surface area contributed by atoms with Crippen LogP contribution in [0, 0.1) is 0 Å². The Kier molecular flexibility index (Phi) is 4.42. The van der Waals surface area contributed by atoms with Crippen molar-refractivity contribution in [1.82, 2.24) is 0 Å². The fourth-order valence-electron chi connectivity index (χ4n) is 1.44. The van der Waals surface area contributed by atoms with E-state index < -0.39 is 0 Å². The fraction of sp³-hybridized carbons (Fsp3) is 0.333. The first-order valence-corrected chi connectivity index (χ1v) is 4.75. The van der Waals surface area contributed by atoms with E-state index in [4.69, 9.17) is 14.2 Å². The molecule has 0 heterocycles. The van der Waals surface area contributed by atoms with E-state index in [0.29, 0.717) is 23.7 Å². The Bertz CT molecular complexity index is 406. The summed E-state index contributed by atoms with van der Waals surface area (Å²) in [7, 11) is 4.68. The van der Waals surface area contributed by atoms with Crippen molar-refractivity contribution in [1.29, 1.82) is 0 Å². The molecule has 86 valence electrons. The maximum Gasteiger partial charge on any atom is 0.164 e. The van der Waals surface area contributed by atoms with Crippen molar-refractivity contribution in [3.63, 3.8) is 0 Å². The van der Waals surface area contributed by atoms with Crippen molar-refractivity contribution in [3.8, 4) is 17.2 Å². The summed E-state index contributed by atoms with van der Waals surface area (Å²) in [6.07, 6.45) is 1.82. The SMILES string of the molecule is COc1cc(CC=C=O)c(OC)c(OC)c1. The maximum atomic E-state index is 10.2. The maximum absolute atomic E-state index is 10.2. The average molecular weight is 222 g/mol. The lowest BCUT2D eigenvalue weighted by atomic mass is 10.1. The van der Waals surface area contributed by atoms with Gasteiger partial charge in [0, 0.05) is 24.1 Å². The minimum atomic E-state index is 0.431. The Morgan fingerprint density at radius 3 is 2.44 bits per heavy atom. The quantitative estimate of drug-likeness (QED) is 0.710. The standard InChI is InChI=1S/C12H14O4/c1-14-10-7-9(5-4-6-13)12(16-3)11(8-10)15-2/h4,7-8H,5H2,1-3H3. The summed E-state index contributed by atoms with van der Waals surface area (Å²) in [5, 5.41) is 0. The Balaban J connectivity index is 3.24. The van der Waals surface area contributed by atoms with Gasteiger partial charge in [0.15, 0.2) is 11.5 Å². The molecule has 16 heavy (non-hydrogen) atoms. The summed E-state index contributed by atoms with van der Waals surface area (Å²) in [4.78, 5) is 10.2. The molecule has 0 spiro atoms. The predicted molar refractivity (Wildman–Crippen MR) is 60.1 cm³/mol. The Labute approximate surface area is 94.4 Å². The molecule has 0 saturated heterocycles. The van der Waals surface area contributed by atoms with Gasteiger partial charge in [0.05, 0.1) is 21.3 Å². The zero-order valence-electron chi connectivity index (χ0n) is 9.57. The van der Waals surface area contributed by atoms with Crippen LogP contribution in [0.4, 0.5) is 0 Å². The smallest absolute Gasteiger partial charge is 0.164 e. The second kappa shape index (κ2) is 5.83. The molecule has 0 saturated carbocycles. The summed E-state index contributed by atoms with van der Waals surface area (Å²) in [5.41, 5.74) is 0.821. The summed E-state index contributed by atoms with van der Waals surface area (Å²) in [6, 6.07) is 3.53. The number of methoxy groups -OCH3 is 3. The first kappa shape index (κ1) is 12.1. The minimum absolute atomic E-state index is 0.431. The Hall–Kier alpha value is -1.93. The number of hydrogen-bond donors (Lipinski definition) is 0. The van der Waals surface area contributed by atoms with E-state index in [2.05, 4.69) is 0 Å². The molecule has 0 bridgehead atoms. The Morgan fingerprint density at radius 1 is 1.19 bits per heavy atom. The molecule has 1 aromatic carbocycles. The number of allylic oxidation sites excluding steroid dienone is 1. The van der Waals surface area contributed by atoms with Gasteiger partial charge in [-0.1, -0.05) is 0 Å². The molecule has 1 aromatic rings. The third-order valence-electron chi connectivity index (χ3n) is 2.17. The van der Waals surface area contributed by atoms with E-state index in [1.807, 2.05) is 0 Å². The first-order chi connectivity index (χ1) is 7.76. The first-order valence-electron chi connectivity index (χ1n) is 4.75. The van der Waals surface area contributed by atoms with Gasteiger partial charge < -0.3 is 14.2 Å². The average Bonchev–Trinajstić information content (AvgIpc) is 2.34. The van der Waals surface area contributed by atoms with Gasteiger partial charge >= 0.3 is 0 Å². The molecule has 0 atom stereocenters. The summed E-state index contributed by atoms with van der Waals surface area (Å²) >= 11 is 0. The third kappa shape index (κ3) is 2.55. The van der Waals surface area contributed by atoms with Crippen LogP contribution < -0.4 is 14.2 Å². The van der Waals surface area contributed by atoms with Crippen LogP contribution in [-0.4, -0.2) is 27.3 Å². The predicted octanol–water partition coefficient (Wildman–Crippen LogP) is 1.64. The third-order valence-corrected chi connectivity index (χ3v) is 2.17. The van der Waals surface area contributed by atoms with E-state index >= 15 is 0 Å². The van der Waals surface area contributed by atoms with Gasteiger partial charge in [-0.25, -0.2) is 4.79 Å². The molecule has 0 aromatic heterocycles. The lowest BCUT2D eigenvalue weighted by Gasteiger charge is -2.13. The van der Waals surface area contributed by atoms with Gasteiger partial charge in [-0.05, 0) is 6.07 Å². The van der Waals surface area contributed by atoms with Crippen LogP contribution in [0.25, 0.3) is 0 Å². The summed E-state index contributed by atoms with van der Waals surface area (Å²) in [6.45, 7) is 0. The van der Waals surface area contributed by atoms with Crippen LogP contribution in [-0.2, 0) is 11.2 Å². The fourth-order valence-corrected chi connectivity index (χ4v) is 1.44. The molecule has 0 aliphatic carbocycles. The normalized spacial score (nSPS) is 9.19. The van der Waals surface area contributed by atoms with Crippen molar-refractivity contribution >= 4 is 5.94 Å². The topological polar surface area (TPSA) is 44.8 Å². The van der Waals surface area contributed by atoms with Gasteiger partial charge in [-0.3, -0.25) is 0 Å². The molecule has 0 fully saturated rings. The van der Waals surface area contributed by atoms with E-state index in [9.17, 15) is 4.79 Å². The van der Waals surface area contributed by atoms with Crippen LogP contribution in [0.2, 0.25) is 0 Å². The second-order valence-electron chi connectivity index (χ2n) is 3.05. The molecule has 0 unspecified atom stereocenters. The van der Waals surface area contributed by atoms with Crippen LogP contribution in [0.5, 0.6) is 17.2 Å². The molecule has 0 N–H and O–H groups in total. The van der Waals surface area contributed by atoms with Crippen molar-refractivity contribution in [2.45, 2.75) is 6.42 Å². The van der Waals surface area contributed by atoms with E-state index in [1.165, 1.54) is 6.08 Å². The molecule has 0 aliphatic rings. The number of hydrogen-bond acceptors (Lipinski definition) is 4. The minimum Gasteiger partial charge on any atom is -0.497 e. The van der Waals surface area contributed by atoms with Gasteiger partial charge in [0.25, 0.3) is 0 Å². The highest BCUT2D eigenvalue weighted by molar-refractivity contribution is 5.54. The second-order valence-corrected chi connectivity index (χ2v) is 3.05. The number of rotatable bonds is 5. The zero-order valence-corrected chi connectivity index (χ0v) is 9.57. The van der Waals surface area contributed by atoms with Crippen molar-refractivity contribution in [3.05, 3.63) is 23.8 Å². The van der Waals surface area contributed by atoms with E-state index in [0.717, 1.165) is 5.56 Å². The van der Waals surface area contributed by atoms with Crippen molar-refractivity contribution < 1.29 is 19.0 Å². The largest absolute Gasteiger partial charge is 0.497 e. The van der Waals surface area contributed by atoms with Gasteiger partial charge in [-0.2, -0.15) is 0 Å². The number of benzene rings is 1. The van der Waals surface area contributed by atoms with Gasteiger partial charge in [0.1, 0.15) is 11.7 Å². The van der Waals surface area contributed by atoms with Crippen LogP contribution in [0.3, 0.4) is 0 Å². The molecule has 4 nitrogen and oxygen atoms in total. The lowest BCUT2D eigenvalue weighted by Crippen LogP contribution is -1.97. The summed E-state index contributed by atoms with van der Waals surface area (Å²) < 4.78 is 15.5. The van der Waals surface area contributed by atoms with Crippen LogP contribution in [0.1, 0.15) is 5.56 Å². The van der Waals surface area contributed by atoms with Gasteiger partial charge in [0.2, 0.25) is 0 Å². The van der Waals surface area contributed by atoms with Crippen LogP contribution >= 0.6 is 0 Å². The molecule has 4 heteroatoms. The monoisotopic (exact) mass is 222 g/mol. The Morgan fingerprint density at radius 2 is 1.94 bits per heavy atom. The van der Waals surface area contributed by atoms with Crippen LogP contribution in [0.15, 0.2) is 18.2 Å². The summed E-state index contributed by atoms with van der Waals surface area (Å²) in [5.74, 6) is 3.58. The van der Waals surface area contributed by atoms with Gasteiger partial charge in [-0.15, -0.1) is 0 Å². The molecular weight excluding hydrogens is 208 g/mol. The zero-order chi connectivity index (χ0) is 12.0. The highest BCUT2D eigenvalue weighted by Crippen LogP contribution is 2.35. The molecule has 0 radical (unpaired) electrons. The highest BCUT2D eigenvalue weighted by atomic mass is 16.5. The lowest BCUT2D eigenvalue weighted by molar-refractivity contribution is 0.346. The molecular formula is C12H14O4. The van der Waals surface area contributed by atoms with E-state index in [-0.39, 0.29) is 0 Å². The molecule has 1 rings (SSSR count). The molecule has 0 amide bonds. The van der Waals surface area contributed by atoms with Crippen molar-refractivity contribution in [2.24, 2.45) is 0 Å². The van der Waals surface area contributed by atoms with Crippen molar-refractivity contribution in [2.75, 3.05) is 21.3 Å². The molecule has 0 aliphatic heterocycles. The van der Waals surface area contributed by atoms with E-state index in [1.54, 1.807) is 39.4 Å².